The average molecular weight is 237 g/mol. The van der Waals surface area contributed by atoms with Crippen molar-refractivity contribution in [3.63, 3.8) is 0 Å². The van der Waals surface area contributed by atoms with Gasteiger partial charge in [0.15, 0.2) is 0 Å². The molecule has 1 unspecified atom stereocenters. The Kier molecular flexibility index (Phi) is 3.08. The molecule has 1 aliphatic heterocycles. The highest BCUT2D eigenvalue weighted by Crippen LogP contribution is 2.12. The Morgan fingerprint density at radius 1 is 1.53 bits per heavy atom. The number of carbonyl (C=O) groups excluding carboxylic acids is 2. The van der Waals surface area contributed by atoms with Gasteiger partial charge in [0.2, 0.25) is 11.8 Å². The molecule has 1 fully saturated rings. The molecular formula is C10H15N5O2. The molecule has 1 atom stereocenters. The fourth-order valence-corrected chi connectivity index (χ4v) is 1.92. The molecule has 0 spiro atoms. The molecule has 7 nitrogen and oxygen atoms in total. The molecule has 2 rings (SSSR count). The first kappa shape index (κ1) is 11.6. The third-order valence-electron chi connectivity index (χ3n) is 2.92. The van der Waals surface area contributed by atoms with E-state index in [2.05, 4.69) is 15.4 Å². The zero-order chi connectivity index (χ0) is 12.4. The highest BCUT2D eigenvalue weighted by Gasteiger charge is 2.33. The fraction of sp³-hybridized carbons (Fsp3) is 0.600. The van der Waals surface area contributed by atoms with Crippen molar-refractivity contribution in [3.05, 3.63) is 12.2 Å². The van der Waals surface area contributed by atoms with Gasteiger partial charge >= 0.3 is 0 Å². The molecule has 1 aromatic heterocycles. The molecule has 2 heterocycles. The molecule has 0 aromatic carbocycles. The summed E-state index contributed by atoms with van der Waals surface area (Å²) in [6.45, 7) is 2.26. The van der Waals surface area contributed by atoms with Crippen LogP contribution in [0.4, 0.5) is 0 Å². The molecule has 1 aromatic rings. The summed E-state index contributed by atoms with van der Waals surface area (Å²) in [5.41, 5.74) is 0. The SMILES string of the molecule is CCC1C(=O)NCC(=O)N1Cc1ncnn1C. The molecule has 0 saturated carbocycles. The van der Waals surface area contributed by atoms with Crippen molar-refractivity contribution in [2.45, 2.75) is 25.9 Å². The first-order valence-electron chi connectivity index (χ1n) is 5.53. The second-order valence-electron chi connectivity index (χ2n) is 3.96. The maximum Gasteiger partial charge on any atom is 0.243 e. The van der Waals surface area contributed by atoms with Gasteiger partial charge in [0.25, 0.3) is 0 Å². The number of aromatic nitrogens is 3. The smallest absolute Gasteiger partial charge is 0.243 e. The fourth-order valence-electron chi connectivity index (χ4n) is 1.92. The van der Waals surface area contributed by atoms with Crippen molar-refractivity contribution in [1.29, 1.82) is 0 Å². The predicted octanol–water partition coefficient (Wildman–Crippen LogP) is -0.948. The predicted molar refractivity (Wildman–Crippen MR) is 58.6 cm³/mol. The van der Waals surface area contributed by atoms with Gasteiger partial charge in [-0.15, -0.1) is 0 Å². The van der Waals surface area contributed by atoms with Crippen molar-refractivity contribution in [1.82, 2.24) is 25.0 Å². The number of amides is 2. The number of hydrogen-bond acceptors (Lipinski definition) is 4. The molecule has 0 aliphatic carbocycles. The standard InChI is InChI=1S/C10H15N5O2/c1-3-7-10(17)11-4-9(16)15(7)5-8-12-6-13-14(8)2/h6-7H,3-5H2,1-2H3,(H,11,17). The molecular weight excluding hydrogens is 222 g/mol. The minimum atomic E-state index is -0.409. The van der Waals surface area contributed by atoms with E-state index in [0.29, 0.717) is 18.8 Å². The van der Waals surface area contributed by atoms with Gasteiger partial charge in [-0.1, -0.05) is 6.92 Å². The van der Waals surface area contributed by atoms with Gasteiger partial charge in [-0.25, -0.2) is 4.98 Å². The number of rotatable bonds is 3. The number of nitrogens with one attached hydrogen (secondary N) is 1. The highest BCUT2D eigenvalue weighted by atomic mass is 16.2. The van der Waals surface area contributed by atoms with Gasteiger partial charge in [-0.2, -0.15) is 5.10 Å². The van der Waals surface area contributed by atoms with Gasteiger partial charge in [-0.05, 0) is 6.42 Å². The molecule has 7 heteroatoms. The number of hydrogen-bond donors (Lipinski definition) is 1. The number of aryl methyl sites for hydroxylation is 1. The third-order valence-corrected chi connectivity index (χ3v) is 2.92. The summed E-state index contributed by atoms with van der Waals surface area (Å²) < 4.78 is 1.60. The Hall–Kier alpha value is -1.92. The quantitative estimate of drug-likeness (QED) is 0.735. The van der Waals surface area contributed by atoms with E-state index in [0.717, 1.165) is 0 Å². The number of nitrogens with zero attached hydrogens (tertiary/aromatic N) is 4. The van der Waals surface area contributed by atoms with Gasteiger partial charge in [0, 0.05) is 7.05 Å². The largest absolute Gasteiger partial charge is 0.345 e. The second-order valence-corrected chi connectivity index (χ2v) is 3.96. The van der Waals surface area contributed by atoms with Crippen molar-refractivity contribution < 1.29 is 9.59 Å². The van der Waals surface area contributed by atoms with Gasteiger partial charge < -0.3 is 10.2 Å². The van der Waals surface area contributed by atoms with Crippen LogP contribution in [0.5, 0.6) is 0 Å². The Balaban J connectivity index is 2.19. The summed E-state index contributed by atoms with van der Waals surface area (Å²) in [7, 11) is 1.76. The van der Waals surface area contributed by atoms with Crippen LogP contribution in [0, 0.1) is 0 Å². The highest BCUT2D eigenvalue weighted by molar-refractivity contribution is 5.94. The molecule has 1 aliphatic rings. The van der Waals surface area contributed by atoms with Gasteiger partial charge in [0.05, 0.1) is 13.1 Å². The zero-order valence-corrected chi connectivity index (χ0v) is 9.88. The van der Waals surface area contributed by atoms with Gasteiger partial charge in [-0.3, -0.25) is 14.3 Å². The van der Waals surface area contributed by atoms with E-state index in [1.165, 1.54) is 6.33 Å². The van der Waals surface area contributed by atoms with Crippen LogP contribution in [0.1, 0.15) is 19.2 Å². The lowest BCUT2D eigenvalue weighted by molar-refractivity contribution is -0.146. The lowest BCUT2D eigenvalue weighted by Gasteiger charge is -2.33. The first-order chi connectivity index (χ1) is 8.13. The van der Waals surface area contributed by atoms with Crippen LogP contribution < -0.4 is 5.32 Å². The summed E-state index contributed by atoms with van der Waals surface area (Å²) in [5.74, 6) is 0.486. The van der Waals surface area contributed by atoms with E-state index in [1.807, 2.05) is 6.92 Å². The normalized spacial score (nSPS) is 20.6. The molecule has 92 valence electrons. The Labute approximate surface area is 98.8 Å². The molecule has 0 bridgehead atoms. The zero-order valence-electron chi connectivity index (χ0n) is 9.88. The number of piperazine rings is 1. The minimum Gasteiger partial charge on any atom is -0.345 e. The monoisotopic (exact) mass is 237 g/mol. The number of carbonyl (C=O) groups is 2. The Morgan fingerprint density at radius 3 is 2.88 bits per heavy atom. The van der Waals surface area contributed by atoms with E-state index in [-0.39, 0.29) is 18.4 Å². The van der Waals surface area contributed by atoms with Crippen LogP contribution in [0.2, 0.25) is 0 Å². The summed E-state index contributed by atoms with van der Waals surface area (Å²) in [5, 5.41) is 6.53. The van der Waals surface area contributed by atoms with E-state index in [4.69, 9.17) is 0 Å². The first-order valence-corrected chi connectivity index (χ1v) is 5.53. The van der Waals surface area contributed by atoms with Crippen molar-refractivity contribution in [3.8, 4) is 0 Å². The van der Waals surface area contributed by atoms with Crippen LogP contribution in [-0.2, 0) is 23.2 Å². The van der Waals surface area contributed by atoms with Crippen LogP contribution in [0.15, 0.2) is 6.33 Å². The second kappa shape index (κ2) is 4.52. The summed E-state index contributed by atoms with van der Waals surface area (Å²) in [4.78, 5) is 29.1. The lowest BCUT2D eigenvalue weighted by Crippen LogP contribution is -2.57. The lowest BCUT2D eigenvalue weighted by atomic mass is 10.1. The Bertz CT molecular complexity index is 442. The van der Waals surface area contributed by atoms with E-state index in [1.54, 1.807) is 16.6 Å². The maximum atomic E-state index is 11.8. The van der Waals surface area contributed by atoms with Crippen LogP contribution >= 0.6 is 0 Å². The van der Waals surface area contributed by atoms with Crippen molar-refractivity contribution >= 4 is 11.8 Å². The van der Waals surface area contributed by atoms with E-state index < -0.39 is 6.04 Å². The maximum absolute atomic E-state index is 11.8. The van der Waals surface area contributed by atoms with Crippen LogP contribution in [-0.4, -0.2) is 44.1 Å². The molecule has 17 heavy (non-hydrogen) atoms. The minimum absolute atomic E-state index is 0.0627. The molecule has 1 N–H and O–H groups in total. The van der Waals surface area contributed by atoms with Crippen LogP contribution in [0.3, 0.4) is 0 Å². The van der Waals surface area contributed by atoms with Crippen molar-refractivity contribution in [2.75, 3.05) is 6.54 Å². The van der Waals surface area contributed by atoms with Gasteiger partial charge in [0.1, 0.15) is 18.2 Å². The van der Waals surface area contributed by atoms with E-state index in [9.17, 15) is 9.59 Å². The van der Waals surface area contributed by atoms with E-state index >= 15 is 0 Å². The summed E-state index contributed by atoms with van der Waals surface area (Å²) in [6, 6.07) is -0.409. The summed E-state index contributed by atoms with van der Waals surface area (Å²) >= 11 is 0. The van der Waals surface area contributed by atoms with Crippen molar-refractivity contribution in [2.24, 2.45) is 7.05 Å². The molecule has 1 saturated heterocycles. The summed E-state index contributed by atoms with van der Waals surface area (Å²) in [6.07, 6.45) is 2.03. The topological polar surface area (TPSA) is 80.1 Å². The average Bonchev–Trinajstić information content (AvgIpc) is 2.70. The van der Waals surface area contributed by atoms with Crippen LogP contribution in [0.25, 0.3) is 0 Å². The Morgan fingerprint density at radius 2 is 2.29 bits per heavy atom. The third kappa shape index (κ3) is 2.13. The molecule has 0 radical (unpaired) electrons. The molecule has 2 amide bonds.